The fourth-order valence-electron chi connectivity index (χ4n) is 4.87. The Morgan fingerprint density at radius 1 is 1.00 bits per heavy atom. The lowest BCUT2D eigenvalue weighted by Crippen LogP contribution is -2.54. The molecular formula is C22H36N4O4S2. The normalized spacial score (nSPS) is 33.0. The number of thioether (sulfide) groups is 2. The summed E-state index contributed by atoms with van der Waals surface area (Å²) in [5.74, 6) is 0.766. The second-order valence-electron chi connectivity index (χ2n) is 10.1. The Morgan fingerprint density at radius 2 is 1.69 bits per heavy atom. The van der Waals surface area contributed by atoms with Gasteiger partial charge in [-0.25, -0.2) is 4.79 Å². The topological polar surface area (TPSA) is 91.0 Å². The van der Waals surface area contributed by atoms with Crippen molar-refractivity contribution < 1.29 is 19.1 Å². The second-order valence-corrected chi connectivity index (χ2v) is 12.7. The molecule has 3 amide bonds. The van der Waals surface area contributed by atoms with Crippen LogP contribution in [-0.2, 0) is 14.3 Å². The molecule has 5 atom stereocenters. The van der Waals surface area contributed by atoms with Crippen molar-refractivity contribution in [3.8, 4) is 0 Å². The number of fused-ring (bicyclic) bond motifs is 1. The Bertz CT molecular complexity index is 709. The molecule has 3 heterocycles. The Morgan fingerprint density at radius 3 is 2.38 bits per heavy atom. The van der Waals surface area contributed by atoms with Crippen LogP contribution in [0, 0.1) is 5.92 Å². The second kappa shape index (κ2) is 10.0. The van der Waals surface area contributed by atoms with Crippen molar-refractivity contribution in [1.29, 1.82) is 0 Å². The summed E-state index contributed by atoms with van der Waals surface area (Å²) in [5, 5.41) is 6.81. The van der Waals surface area contributed by atoms with Crippen molar-refractivity contribution in [2.45, 2.75) is 80.5 Å². The average molecular weight is 485 g/mol. The number of amides is 3. The van der Waals surface area contributed by atoms with E-state index in [4.69, 9.17) is 4.74 Å². The molecule has 4 rings (SSSR count). The molecule has 4 fully saturated rings. The number of nitrogens with zero attached hydrogens (tertiary/aromatic N) is 2. The maximum atomic E-state index is 13.2. The van der Waals surface area contributed by atoms with Gasteiger partial charge in [-0.05, 0) is 45.8 Å². The van der Waals surface area contributed by atoms with E-state index >= 15 is 0 Å². The predicted molar refractivity (Wildman–Crippen MR) is 127 cm³/mol. The zero-order valence-corrected chi connectivity index (χ0v) is 20.9. The van der Waals surface area contributed by atoms with Crippen LogP contribution in [-0.4, -0.2) is 87.3 Å². The molecule has 1 saturated carbocycles. The van der Waals surface area contributed by atoms with E-state index in [1.165, 1.54) is 19.3 Å². The summed E-state index contributed by atoms with van der Waals surface area (Å²) in [7, 11) is 0. The Hall–Kier alpha value is -1.13. The molecule has 4 aliphatic rings. The maximum absolute atomic E-state index is 13.2. The summed E-state index contributed by atoms with van der Waals surface area (Å²) >= 11 is 3.42. The minimum atomic E-state index is -0.527. The number of carbonyl (C=O) groups is 3. The van der Waals surface area contributed by atoms with E-state index in [0.717, 1.165) is 18.6 Å². The van der Waals surface area contributed by atoms with Crippen LogP contribution in [0.2, 0.25) is 0 Å². The number of hydrogen-bond donors (Lipinski definition) is 2. The van der Waals surface area contributed by atoms with E-state index < -0.39 is 5.60 Å². The smallest absolute Gasteiger partial charge is 0.410 e. The van der Waals surface area contributed by atoms with Gasteiger partial charge in [0.05, 0.1) is 11.3 Å². The zero-order valence-electron chi connectivity index (χ0n) is 19.3. The minimum absolute atomic E-state index is 0.0105. The summed E-state index contributed by atoms with van der Waals surface area (Å²) in [6.07, 6.45) is 5.27. The lowest BCUT2D eigenvalue weighted by Gasteiger charge is -2.37. The summed E-state index contributed by atoms with van der Waals surface area (Å²) in [4.78, 5) is 41.9. The Balaban J connectivity index is 1.27. The summed E-state index contributed by atoms with van der Waals surface area (Å²) in [6.45, 7) is 7.51. The number of piperazine rings is 1. The van der Waals surface area contributed by atoms with Crippen LogP contribution in [0.5, 0.6) is 0 Å². The van der Waals surface area contributed by atoms with Crippen molar-refractivity contribution >= 4 is 41.4 Å². The Kier molecular flexibility index (Phi) is 7.51. The van der Waals surface area contributed by atoms with Gasteiger partial charge in [0.1, 0.15) is 11.0 Å². The van der Waals surface area contributed by atoms with Crippen LogP contribution < -0.4 is 10.6 Å². The van der Waals surface area contributed by atoms with Gasteiger partial charge in [-0.2, -0.15) is 0 Å². The summed E-state index contributed by atoms with van der Waals surface area (Å²) in [6, 6.07) is 0.444. The summed E-state index contributed by atoms with van der Waals surface area (Å²) < 4.78 is 5.44. The molecule has 1 aliphatic carbocycles. The first-order valence-corrected chi connectivity index (χ1v) is 13.8. The SMILES string of the molecule is CC(C)(C)OC(=O)N1CCN(C(=O)C2CCSC2NC(=O)C2NC3CCCCC3S2)CC1. The van der Waals surface area contributed by atoms with Crippen LogP contribution in [0.4, 0.5) is 4.79 Å². The van der Waals surface area contributed by atoms with Gasteiger partial charge in [-0.3, -0.25) is 14.9 Å². The van der Waals surface area contributed by atoms with Gasteiger partial charge in [0, 0.05) is 37.5 Å². The third-order valence-electron chi connectivity index (χ3n) is 6.55. The van der Waals surface area contributed by atoms with Gasteiger partial charge in [-0.15, -0.1) is 23.5 Å². The molecule has 32 heavy (non-hydrogen) atoms. The lowest BCUT2D eigenvalue weighted by molar-refractivity contribution is -0.137. The third-order valence-corrected chi connectivity index (χ3v) is 9.37. The van der Waals surface area contributed by atoms with Crippen molar-refractivity contribution in [3.63, 3.8) is 0 Å². The monoisotopic (exact) mass is 484 g/mol. The van der Waals surface area contributed by atoms with Crippen LogP contribution in [0.3, 0.4) is 0 Å². The van der Waals surface area contributed by atoms with E-state index in [1.807, 2.05) is 25.7 Å². The van der Waals surface area contributed by atoms with Crippen molar-refractivity contribution in [2.75, 3.05) is 31.9 Å². The molecule has 8 nitrogen and oxygen atoms in total. The number of nitrogens with one attached hydrogen (secondary N) is 2. The van der Waals surface area contributed by atoms with E-state index in [2.05, 4.69) is 10.6 Å². The van der Waals surface area contributed by atoms with E-state index in [0.29, 0.717) is 37.5 Å². The molecule has 0 radical (unpaired) electrons. The van der Waals surface area contributed by atoms with Gasteiger partial charge in [0.25, 0.3) is 0 Å². The molecule has 3 saturated heterocycles. The van der Waals surface area contributed by atoms with Crippen LogP contribution >= 0.6 is 23.5 Å². The Labute approximate surface area is 199 Å². The molecule has 0 spiro atoms. The highest BCUT2D eigenvalue weighted by Crippen LogP contribution is 2.38. The van der Waals surface area contributed by atoms with E-state index in [9.17, 15) is 14.4 Å². The van der Waals surface area contributed by atoms with Gasteiger partial charge in [-0.1, -0.05) is 12.8 Å². The highest BCUT2D eigenvalue weighted by Gasteiger charge is 2.42. The van der Waals surface area contributed by atoms with Crippen molar-refractivity contribution in [3.05, 3.63) is 0 Å². The fourth-order valence-corrected chi connectivity index (χ4v) is 7.70. The standard InChI is InChI=1S/C22H36N4O4S2/c1-22(2,3)30-21(29)26-11-9-25(10-12-26)20(28)14-8-13-31-18(14)24-17(27)19-23-15-6-4-5-7-16(15)32-19/h14-16,18-19,23H,4-13H2,1-3H3,(H,24,27). The molecule has 2 N–H and O–H groups in total. The van der Waals surface area contributed by atoms with Crippen LogP contribution in [0.1, 0.15) is 52.9 Å². The molecule has 0 aromatic carbocycles. The number of rotatable bonds is 3. The van der Waals surface area contributed by atoms with Crippen LogP contribution in [0.15, 0.2) is 0 Å². The molecule has 0 aromatic rings. The molecule has 10 heteroatoms. The molecule has 3 aliphatic heterocycles. The maximum Gasteiger partial charge on any atom is 0.410 e. The molecule has 0 aromatic heterocycles. The van der Waals surface area contributed by atoms with Gasteiger partial charge < -0.3 is 19.9 Å². The van der Waals surface area contributed by atoms with Gasteiger partial charge >= 0.3 is 6.09 Å². The quantitative estimate of drug-likeness (QED) is 0.635. The third kappa shape index (κ3) is 5.67. The summed E-state index contributed by atoms with van der Waals surface area (Å²) in [5.41, 5.74) is -0.527. The number of ether oxygens (including phenoxy) is 1. The molecule has 180 valence electrons. The highest BCUT2D eigenvalue weighted by molar-refractivity contribution is 8.01. The highest BCUT2D eigenvalue weighted by atomic mass is 32.2. The van der Waals surface area contributed by atoms with E-state index in [-0.39, 0.29) is 34.6 Å². The van der Waals surface area contributed by atoms with E-state index in [1.54, 1.807) is 28.4 Å². The molecular weight excluding hydrogens is 448 g/mol. The van der Waals surface area contributed by atoms with Crippen molar-refractivity contribution in [2.24, 2.45) is 5.92 Å². The first-order chi connectivity index (χ1) is 15.2. The number of carbonyl (C=O) groups excluding carboxylic acids is 3. The average Bonchev–Trinajstić information content (AvgIpc) is 3.39. The largest absolute Gasteiger partial charge is 0.444 e. The van der Waals surface area contributed by atoms with Gasteiger partial charge in [0.15, 0.2) is 0 Å². The molecule has 5 unspecified atom stereocenters. The fraction of sp³-hybridized carbons (Fsp3) is 0.864. The lowest BCUT2D eigenvalue weighted by atomic mass is 9.95. The number of hydrogen-bond acceptors (Lipinski definition) is 7. The first-order valence-electron chi connectivity index (χ1n) is 11.8. The predicted octanol–water partition coefficient (Wildman–Crippen LogP) is 2.23. The van der Waals surface area contributed by atoms with Gasteiger partial charge in [0.2, 0.25) is 11.8 Å². The minimum Gasteiger partial charge on any atom is -0.444 e. The van der Waals surface area contributed by atoms with Crippen LogP contribution in [0.25, 0.3) is 0 Å². The zero-order chi connectivity index (χ0) is 22.9. The first kappa shape index (κ1) is 24.0. The van der Waals surface area contributed by atoms with Crippen molar-refractivity contribution in [1.82, 2.24) is 20.4 Å². The molecule has 0 bridgehead atoms.